The third kappa shape index (κ3) is 3.79. The summed E-state index contributed by atoms with van der Waals surface area (Å²) in [7, 11) is 0. The summed E-state index contributed by atoms with van der Waals surface area (Å²) in [6, 6.07) is 9.75. The largest absolute Gasteiger partial charge is 0.356 e. The maximum absolute atomic E-state index is 13.7. The van der Waals surface area contributed by atoms with Gasteiger partial charge >= 0.3 is 0 Å². The van der Waals surface area contributed by atoms with Gasteiger partial charge in [-0.1, -0.05) is 12.1 Å². The normalized spacial score (nSPS) is 15.0. The number of hydrogen-bond donors (Lipinski definition) is 1. The second-order valence-corrected chi connectivity index (χ2v) is 7.32. The molecule has 1 N–H and O–H groups in total. The Morgan fingerprint density at radius 1 is 1.21 bits per heavy atom. The van der Waals surface area contributed by atoms with E-state index in [9.17, 15) is 14.0 Å². The highest BCUT2D eigenvalue weighted by atomic mass is 32.1. The second-order valence-electron chi connectivity index (χ2n) is 6.37. The number of thiophene rings is 1. The van der Waals surface area contributed by atoms with Crippen LogP contribution in [0.3, 0.4) is 0 Å². The van der Waals surface area contributed by atoms with Crippen LogP contribution in [-0.2, 0) is 4.79 Å². The molecule has 4 rings (SSSR count). The second kappa shape index (κ2) is 7.89. The van der Waals surface area contributed by atoms with E-state index in [0.29, 0.717) is 37.6 Å². The first kappa shape index (κ1) is 18.3. The van der Waals surface area contributed by atoms with Crippen molar-refractivity contribution in [3.8, 4) is 16.4 Å². The SMILES string of the molecule is O=C1CCN(C(=O)c2nc(-c3cccs3)n(-c3cccc(F)c3)n2)CCCN1. The molecule has 0 spiro atoms. The minimum Gasteiger partial charge on any atom is -0.356 e. The van der Waals surface area contributed by atoms with Gasteiger partial charge in [0.15, 0.2) is 5.82 Å². The Kier molecular flexibility index (Phi) is 5.16. The topological polar surface area (TPSA) is 80.1 Å². The summed E-state index contributed by atoms with van der Waals surface area (Å²) in [4.78, 5) is 31.5. The number of nitrogens with zero attached hydrogens (tertiary/aromatic N) is 4. The van der Waals surface area contributed by atoms with E-state index in [0.717, 1.165) is 4.88 Å². The van der Waals surface area contributed by atoms with Crippen LogP contribution in [0, 0.1) is 5.82 Å². The van der Waals surface area contributed by atoms with Crippen molar-refractivity contribution < 1.29 is 14.0 Å². The molecule has 0 unspecified atom stereocenters. The van der Waals surface area contributed by atoms with Crippen LogP contribution in [0.1, 0.15) is 23.5 Å². The first-order chi connectivity index (χ1) is 13.6. The summed E-state index contributed by atoms with van der Waals surface area (Å²) in [5.41, 5.74) is 0.488. The van der Waals surface area contributed by atoms with Gasteiger partial charge in [-0.15, -0.1) is 16.4 Å². The molecule has 144 valence electrons. The molecule has 1 fully saturated rings. The first-order valence-corrected chi connectivity index (χ1v) is 9.82. The molecule has 1 aliphatic rings. The molecule has 0 bridgehead atoms. The Balaban J connectivity index is 1.70. The Hall–Kier alpha value is -3.07. The van der Waals surface area contributed by atoms with E-state index in [1.165, 1.54) is 28.2 Å². The van der Waals surface area contributed by atoms with Gasteiger partial charge in [0.25, 0.3) is 5.91 Å². The lowest BCUT2D eigenvalue weighted by atomic mass is 10.2. The van der Waals surface area contributed by atoms with Crippen LogP contribution in [-0.4, -0.2) is 51.1 Å². The molecule has 1 aliphatic heterocycles. The molecule has 1 aromatic carbocycles. The third-order valence-electron chi connectivity index (χ3n) is 4.42. The van der Waals surface area contributed by atoms with Gasteiger partial charge < -0.3 is 10.2 Å². The summed E-state index contributed by atoms with van der Waals surface area (Å²) >= 11 is 1.46. The van der Waals surface area contributed by atoms with Gasteiger partial charge in [-0.05, 0) is 36.1 Å². The van der Waals surface area contributed by atoms with Gasteiger partial charge in [0, 0.05) is 26.1 Å². The van der Waals surface area contributed by atoms with Crippen LogP contribution >= 0.6 is 11.3 Å². The van der Waals surface area contributed by atoms with Crippen molar-refractivity contribution in [1.82, 2.24) is 25.0 Å². The van der Waals surface area contributed by atoms with Crippen LogP contribution in [0.15, 0.2) is 41.8 Å². The standard InChI is InChI=1S/C19H18FN5O2S/c20-13-4-1-5-14(12-13)25-18(15-6-2-11-28-15)22-17(23-25)19(27)24-9-3-8-21-16(26)7-10-24/h1-2,4-6,11-12H,3,7-10H2,(H,21,26). The summed E-state index contributed by atoms with van der Waals surface area (Å²) in [5.74, 6) is -0.284. The van der Waals surface area contributed by atoms with E-state index >= 15 is 0 Å². The zero-order valence-electron chi connectivity index (χ0n) is 15.0. The molecular weight excluding hydrogens is 381 g/mol. The monoisotopic (exact) mass is 399 g/mol. The average molecular weight is 399 g/mol. The number of carbonyl (C=O) groups is 2. The van der Waals surface area contributed by atoms with Crippen LogP contribution < -0.4 is 5.32 Å². The van der Waals surface area contributed by atoms with Gasteiger partial charge in [0.1, 0.15) is 5.82 Å². The quantitative estimate of drug-likeness (QED) is 0.734. The van der Waals surface area contributed by atoms with Crippen molar-refractivity contribution >= 4 is 23.2 Å². The minimum absolute atomic E-state index is 0.0358. The third-order valence-corrected chi connectivity index (χ3v) is 5.28. The molecular formula is C19H18FN5O2S. The number of carbonyl (C=O) groups excluding carboxylic acids is 2. The van der Waals surface area contributed by atoms with Crippen LogP contribution in [0.4, 0.5) is 4.39 Å². The molecule has 28 heavy (non-hydrogen) atoms. The number of halogens is 1. The van der Waals surface area contributed by atoms with Gasteiger partial charge in [0.2, 0.25) is 11.7 Å². The predicted molar refractivity (Wildman–Crippen MR) is 103 cm³/mol. The summed E-state index contributed by atoms with van der Waals surface area (Å²) in [6.07, 6.45) is 0.911. The Morgan fingerprint density at radius 2 is 2.11 bits per heavy atom. The number of benzene rings is 1. The van der Waals surface area contributed by atoms with Crippen molar-refractivity contribution in [3.05, 3.63) is 53.4 Å². The van der Waals surface area contributed by atoms with Crippen molar-refractivity contribution in [3.63, 3.8) is 0 Å². The summed E-state index contributed by atoms with van der Waals surface area (Å²) < 4.78 is 15.2. The maximum atomic E-state index is 13.7. The van der Waals surface area contributed by atoms with E-state index in [4.69, 9.17) is 0 Å². The van der Waals surface area contributed by atoms with Crippen molar-refractivity contribution in [2.24, 2.45) is 0 Å². The molecule has 2 amide bonds. The van der Waals surface area contributed by atoms with E-state index < -0.39 is 5.82 Å². The van der Waals surface area contributed by atoms with Crippen LogP contribution in [0.2, 0.25) is 0 Å². The zero-order chi connectivity index (χ0) is 19.5. The molecule has 3 heterocycles. The molecule has 2 aromatic heterocycles. The van der Waals surface area contributed by atoms with Crippen LogP contribution in [0.5, 0.6) is 0 Å². The summed E-state index contributed by atoms with van der Waals surface area (Å²) in [5, 5.41) is 9.08. The highest BCUT2D eigenvalue weighted by Crippen LogP contribution is 2.26. The van der Waals surface area contributed by atoms with Crippen molar-refractivity contribution in [2.75, 3.05) is 19.6 Å². The molecule has 0 aliphatic carbocycles. The lowest BCUT2D eigenvalue weighted by molar-refractivity contribution is -0.121. The Bertz CT molecular complexity index is 1000. The number of aromatic nitrogens is 3. The fraction of sp³-hybridized carbons (Fsp3) is 0.263. The molecule has 0 radical (unpaired) electrons. The van der Waals surface area contributed by atoms with Gasteiger partial charge in [0.05, 0.1) is 10.6 Å². The molecule has 7 nitrogen and oxygen atoms in total. The molecule has 3 aromatic rings. The zero-order valence-corrected chi connectivity index (χ0v) is 15.8. The Labute approximate surface area is 164 Å². The number of hydrogen-bond acceptors (Lipinski definition) is 5. The highest BCUT2D eigenvalue weighted by molar-refractivity contribution is 7.13. The molecule has 0 atom stereocenters. The fourth-order valence-electron chi connectivity index (χ4n) is 3.03. The average Bonchev–Trinajstić information content (AvgIpc) is 3.34. The lowest BCUT2D eigenvalue weighted by Gasteiger charge is -2.23. The Morgan fingerprint density at radius 3 is 2.89 bits per heavy atom. The molecule has 1 saturated heterocycles. The van der Waals surface area contributed by atoms with Gasteiger partial charge in [-0.3, -0.25) is 9.59 Å². The van der Waals surface area contributed by atoms with E-state index in [1.54, 1.807) is 17.0 Å². The number of rotatable bonds is 3. The first-order valence-electron chi connectivity index (χ1n) is 8.94. The minimum atomic E-state index is -0.396. The fourth-order valence-corrected chi connectivity index (χ4v) is 3.73. The van der Waals surface area contributed by atoms with E-state index in [2.05, 4.69) is 15.4 Å². The highest BCUT2D eigenvalue weighted by Gasteiger charge is 2.25. The smallest absolute Gasteiger partial charge is 0.293 e. The number of amides is 2. The van der Waals surface area contributed by atoms with Crippen molar-refractivity contribution in [1.29, 1.82) is 0 Å². The van der Waals surface area contributed by atoms with Crippen molar-refractivity contribution in [2.45, 2.75) is 12.8 Å². The van der Waals surface area contributed by atoms with Crippen LogP contribution in [0.25, 0.3) is 16.4 Å². The van der Waals surface area contributed by atoms with Gasteiger partial charge in [-0.2, -0.15) is 0 Å². The molecule has 0 saturated carbocycles. The predicted octanol–water partition coefficient (Wildman–Crippen LogP) is 2.49. The van der Waals surface area contributed by atoms with E-state index in [1.807, 2.05) is 17.5 Å². The summed E-state index contributed by atoms with van der Waals surface area (Å²) in [6.45, 7) is 1.36. The maximum Gasteiger partial charge on any atom is 0.293 e. The lowest BCUT2D eigenvalue weighted by Crippen LogP contribution is -2.40. The number of nitrogens with one attached hydrogen (secondary N) is 1. The van der Waals surface area contributed by atoms with E-state index in [-0.39, 0.29) is 24.1 Å². The van der Waals surface area contributed by atoms with Gasteiger partial charge in [-0.25, -0.2) is 14.1 Å². The molecule has 9 heteroatoms.